The molecule has 3 heterocycles. The molecule has 0 aromatic rings. The van der Waals surface area contributed by atoms with Crippen molar-refractivity contribution in [2.45, 2.75) is 180 Å². The van der Waals surface area contributed by atoms with Crippen LogP contribution in [-0.4, -0.2) is 120 Å². The fraction of sp³-hybridized carbons (Fsp3) is 0.745. The van der Waals surface area contributed by atoms with Gasteiger partial charge >= 0.3 is 5.97 Å². The number of aliphatic hydroxyl groups is 6. The van der Waals surface area contributed by atoms with Gasteiger partial charge in [0.1, 0.15) is 23.7 Å². The second-order valence-corrected chi connectivity index (χ2v) is 18.7. The Hall–Kier alpha value is -3.04. The van der Waals surface area contributed by atoms with Crippen molar-refractivity contribution in [3.8, 4) is 0 Å². The number of nitrogens with zero attached hydrogens (tertiary/aromatic N) is 1. The van der Waals surface area contributed by atoms with E-state index in [9.17, 15) is 49.8 Å². The minimum absolute atomic E-state index is 0.00869. The molecule has 338 valence electrons. The van der Waals surface area contributed by atoms with Crippen LogP contribution in [0.25, 0.3) is 0 Å². The highest BCUT2D eigenvalue weighted by molar-refractivity contribution is 5.86. The van der Waals surface area contributed by atoms with Crippen LogP contribution in [0.15, 0.2) is 48.1 Å². The molecule has 13 nitrogen and oxygen atoms in total. The van der Waals surface area contributed by atoms with Crippen molar-refractivity contribution in [3.63, 3.8) is 0 Å². The topological polar surface area (TPSA) is 211 Å². The zero-order chi connectivity index (χ0) is 44.3. The fourth-order valence-corrected chi connectivity index (χ4v) is 9.22. The third-order valence-corrected chi connectivity index (χ3v) is 13.3. The molecule has 4 aliphatic rings. The first-order valence-corrected chi connectivity index (χ1v) is 22.3. The molecule has 0 radical (unpaired) electrons. The van der Waals surface area contributed by atoms with E-state index in [1.54, 1.807) is 45.1 Å². The third-order valence-electron chi connectivity index (χ3n) is 13.3. The highest BCUT2D eigenvalue weighted by Crippen LogP contribution is 2.38. The molecule has 2 bridgehead atoms. The summed E-state index contributed by atoms with van der Waals surface area (Å²) in [6.45, 7) is 10.7. The lowest BCUT2D eigenvalue weighted by atomic mass is 9.78. The third kappa shape index (κ3) is 14.5. The van der Waals surface area contributed by atoms with Gasteiger partial charge in [0.05, 0.1) is 43.0 Å². The van der Waals surface area contributed by atoms with Gasteiger partial charge in [-0.1, -0.05) is 77.2 Å². The Morgan fingerprint density at radius 3 is 2.20 bits per heavy atom. The number of esters is 1. The van der Waals surface area contributed by atoms with E-state index in [1.807, 2.05) is 39.0 Å². The Kier molecular flexibility index (Phi) is 18.9. The second kappa shape index (κ2) is 22.9. The van der Waals surface area contributed by atoms with E-state index in [0.29, 0.717) is 50.5 Å². The van der Waals surface area contributed by atoms with Crippen molar-refractivity contribution >= 4 is 23.4 Å². The number of carbonyl (C=O) groups excluding carboxylic acids is 4. The van der Waals surface area contributed by atoms with Crippen molar-refractivity contribution in [1.29, 1.82) is 0 Å². The quantitative estimate of drug-likeness (QED) is 0.170. The van der Waals surface area contributed by atoms with Gasteiger partial charge in [0.15, 0.2) is 5.79 Å². The zero-order valence-electron chi connectivity index (χ0n) is 36.6. The number of cyclic esters (lactones) is 1. The molecule has 2 saturated heterocycles. The standard InChI is InChI=1S/C47H73NO12/c1-28-11-9-7-8-10-12-35(49)23-37-16-13-33(6)47(58,60-37)26-45(56)48-27-36(50)15-17-38(48)46(57)59-44(32(5)21-34-14-18-39(51)43(55)22-34)25-42(54)31(4)20-30(3)41(53)24-40(52)29(2)19-28/h7-12,20,28-29,31-39,41,43-44,49-51,53,55,58H,13-19,21-27H2,1-6H3/b8-7+,11-9-,12-10+,30-20+/t28-,29-,31-,32-,33-,34?,35-,36?,37+,38?,39?,41+,43?,44+,47+/m1/s1. The number of piperidine rings is 1. The van der Waals surface area contributed by atoms with Gasteiger partial charge in [0, 0.05) is 43.6 Å². The molecule has 3 aliphatic heterocycles. The molecule has 60 heavy (non-hydrogen) atoms. The molecular formula is C47H73NO12. The van der Waals surface area contributed by atoms with Crippen LogP contribution in [0.5, 0.6) is 0 Å². The molecule has 1 amide bonds. The summed E-state index contributed by atoms with van der Waals surface area (Å²) < 4.78 is 12.3. The average Bonchev–Trinajstić information content (AvgIpc) is 3.18. The number of Topliss-reactive ketones (excluding diaryl/α,β-unsaturated/α-hetero) is 2. The van der Waals surface area contributed by atoms with E-state index in [-0.39, 0.29) is 73.9 Å². The van der Waals surface area contributed by atoms with Crippen molar-refractivity contribution in [1.82, 2.24) is 4.90 Å². The lowest BCUT2D eigenvalue weighted by molar-refractivity contribution is -0.283. The number of aliphatic hydroxyl groups excluding tert-OH is 5. The highest BCUT2D eigenvalue weighted by Gasteiger charge is 2.47. The van der Waals surface area contributed by atoms with Crippen molar-refractivity contribution in [2.75, 3.05) is 6.54 Å². The lowest BCUT2D eigenvalue weighted by Crippen LogP contribution is -2.57. The number of ether oxygens (including phenoxy) is 2. The molecule has 4 rings (SSSR count). The predicted octanol–water partition coefficient (Wildman–Crippen LogP) is 4.65. The van der Waals surface area contributed by atoms with Crippen LogP contribution in [0.3, 0.4) is 0 Å². The van der Waals surface area contributed by atoms with Gasteiger partial charge in [-0.15, -0.1) is 0 Å². The Balaban J connectivity index is 1.63. The molecule has 0 aromatic heterocycles. The molecule has 1 saturated carbocycles. The van der Waals surface area contributed by atoms with Crippen LogP contribution in [0.4, 0.5) is 0 Å². The first-order chi connectivity index (χ1) is 28.3. The molecule has 3 fully saturated rings. The summed E-state index contributed by atoms with van der Waals surface area (Å²) in [4.78, 5) is 56.5. The number of rotatable bonds is 3. The summed E-state index contributed by atoms with van der Waals surface area (Å²) in [5.41, 5.74) is 0.479. The van der Waals surface area contributed by atoms with E-state index in [1.165, 1.54) is 4.90 Å². The second-order valence-electron chi connectivity index (χ2n) is 18.7. The molecule has 15 atom stereocenters. The van der Waals surface area contributed by atoms with Crippen LogP contribution in [0.1, 0.15) is 125 Å². The molecular weight excluding hydrogens is 771 g/mol. The molecule has 0 spiro atoms. The van der Waals surface area contributed by atoms with Crippen LogP contribution in [0, 0.1) is 35.5 Å². The summed E-state index contributed by atoms with van der Waals surface area (Å²) in [7, 11) is 0. The molecule has 13 heteroatoms. The average molecular weight is 844 g/mol. The molecule has 0 aromatic carbocycles. The zero-order valence-corrected chi connectivity index (χ0v) is 36.6. The maximum Gasteiger partial charge on any atom is 0.329 e. The normalized spacial score (nSPS) is 42.2. The summed E-state index contributed by atoms with van der Waals surface area (Å²) in [5, 5.41) is 64.8. The summed E-state index contributed by atoms with van der Waals surface area (Å²) >= 11 is 0. The van der Waals surface area contributed by atoms with Crippen LogP contribution < -0.4 is 0 Å². The molecule has 1 aliphatic carbocycles. The van der Waals surface area contributed by atoms with Crippen LogP contribution >= 0.6 is 0 Å². The van der Waals surface area contributed by atoms with Crippen LogP contribution in [0.2, 0.25) is 0 Å². The van der Waals surface area contributed by atoms with Gasteiger partial charge in [-0.2, -0.15) is 0 Å². The summed E-state index contributed by atoms with van der Waals surface area (Å²) in [5.74, 6) is -5.28. The largest absolute Gasteiger partial charge is 0.460 e. The van der Waals surface area contributed by atoms with E-state index < -0.39 is 84.7 Å². The van der Waals surface area contributed by atoms with Gasteiger partial charge in [0.25, 0.3) is 0 Å². The minimum Gasteiger partial charge on any atom is -0.460 e. The summed E-state index contributed by atoms with van der Waals surface area (Å²) in [6.07, 6.45) is 9.79. The minimum atomic E-state index is -1.89. The predicted molar refractivity (Wildman–Crippen MR) is 226 cm³/mol. The summed E-state index contributed by atoms with van der Waals surface area (Å²) in [6, 6.07) is -1.10. The number of amides is 1. The SMILES string of the molecule is C/C1=C\[C@@H](C)C(=O)C[C@@H]([C@H](C)CC2CCC(O)C(O)C2)OC(=O)C2CCC(O)CN2C(=O)C[C@]2(O)O[C@@H](CC[C@H]2C)C[C@H](O)/C=C/C=C/C=C\[C@@H](C)C[C@@H](C)C(=O)C[C@@H]1O. The smallest absolute Gasteiger partial charge is 0.329 e. The Labute approximate surface area is 356 Å². The van der Waals surface area contributed by atoms with Gasteiger partial charge in [0.2, 0.25) is 5.91 Å². The van der Waals surface area contributed by atoms with Crippen molar-refractivity contribution < 1.29 is 59.3 Å². The Morgan fingerprint density at radius 2 is 1.50 bits per heavy atom. The van der Waals surface area contributed by atoms with Crippen molar-refractivity contribution in [2.24, 2.45) is 35.5 Å². The van der Waals surface area contributed by atoms with Gasteiger partial charge in [-0.3, -0.25) is 14.4 Å². The van der Waals surface area contributed by atoms with Crippen molar-refractivity contribution in [3.05, 3.63) is 48.1 Å². The number of fused-ring (bicyclic) bond motifs is 3. The lowest BCUT2D eigenvalue weighted by Gasteiger charge is -2.44. The van der Waals surface area contributed by atoms with Gasteiger partial charge < -0.3 is 45.0 Å². The molecule has 6 N–H and O–H groups in total. The number of allylic oxidation sites excluding steroid dienone is 6. The van der Waals surface area contributed by atoms with E-state index >= 15 is 0 Å². The van der Waals surface area contributed by atoms with E-state index in [2.05, 4.69) is 0 Å². The molecule has 5 unspecified atom stereocenters. The van der Waals surface area contributed by atoms with Crippen LogP contribution in [-0.2, 0) is 28.7 Å². The Bertz CT molecular complexity index is 1570. The first-order valence-electron chi connectivity index (χ1n) is 22.3. The highest BCUT2D eigenvalue weighted by atomic mass is 16.6. The van der Waals surface area contributed by atoms with E-state index in [0.717, 1.165) is 0 Å². The maximum atomic E-state index is 14.2. The first kappa shape index (κ1) is 49.6. The number of hydrogen-bond donors (Lipinski definition) is 6. The number of carbonyl (C=O) groups is 4. The maximum absolute atomic E-state index is 14.2. The Morgan fingerprint density at radius 1 is 0.800 bits per heavy atom. The fourth-order valence-electron chi connectivity index (χ4n) is 9.22. The van der Waals surface area contributed by atoms with Gasteiger partial charge in [-0.05, 0) is 88.0 Å². The van der Waals surface area contributed by atoms with E-state index in [4.69, 9.17) is 9.47 Å². The van der Waals surface area contributed by atoms with Gasteiger partial charge in [-0.25, -0.2) is 4.79 Å². The number of hydrogen-bond acceptors (Lipinski definition) is 12. The monoisotopic (exact) mass is 844 g/mol. The number of ketones is 2.